The second-order valence-corrected chi connectivity index (χ2v) is 6.65. The number of benzene rings is 2. The van der Waals surface area contributed by atoms with Gasteiger partial charge in [0.25, 0.3) is 0 Å². The first-order chi connectivity index (χ1) is 12.6. The van der Waals surface area contributed by atoms with E-state index >= 15 is 0 Å². The Hall–Kier alpha value is -2.79. The fourth-order valence-corrected chi connectivity index (χ4v) is 3.64. The van der Waals surface area contributed by atoms with Crippen molar-refractivity contribution < 1.29 is 20.3 Å². The normalized spacial score (nSPS) is 16.8. The minimum absolute atomic E-state index is 0.0814. The van der Waals surface area contributed by atoms with Crippen molar-refractivity contribution in [1.82, 2.24) is 14.9 Å². The molecule has 2 heterocycles. The smallest absolute Gasteiger partial charge is 0.212 e. The van der Waals surface area contributed by atoms with Crippen molar-refractivity contribution in [3.63, 3.8) is 0 Å². The van der Waals surface area contributed by atoms with Gasteiger partial charge in [0.05, 0.1) is 7.11 Å². The zero-order valence-corrected chi connectivity index (χ0v) is 14.4. The molecule has 2 unspecified atom stereocenters. The SMILES string of the molecule is COc1cc(C2Nn3c(nnc3-c3ccc([NH+]([O-])O)cc3)S2)ccc1O. The molecule has 9 nitrogen and oxygen atoms in total. The quantitative estimate of drug-likeness (QED) is 0.507. The summed E-state index contributed by atoms with van der Waals surface area (Å²) in [5.41, 5.74) is 5.20. The molecule has 0 amide bonds. The summed E-state index contributed by atoms with van der Waals surface area (Å²) in [6.07, 6.45) is 0. The number of fused-ring (bicyclic) bond motifs is 1. The van der Waals surface area contributed by atoms with E-state index < -0.39 is 5.23 Å². The zero-order chi connectivity index (χ0) is 18.3. The summed E-state index contributed by atoms with van der Waals surface area (Å²) in [5, 5.41) is 37.7. The minimum atomic E-state index is -0.974. The highest BCUT2D eigenvalue weighted by molar-refractivity contribution is 7.99. The van der Waals surface area contributed by atoms with E-state index in [0.29, 0.717) is 16.7 Å². The third-order valence-corrected chi connectivity index (χ3v) is 5.09. The van der Waals surface area contributed by atoms with Gasteiger partial charge in [-0.15, -0.1) is 10.2 Å². The van der Waals surface area contributed by atoms with E-state index in [4.69, 9.17) is 9.94 Å². The Labute approximate surface area is 152 Å². The third kappa shape index (κ3) is 2.84. The lowest BCUT2D eigenvalue weighted by molar-refractivity contribution is -0.991. The molecule has 0 spiro atoms. The van der Waals surface area contributed by atoms with Crippen molar-refractivity contribution in [2.75, 3.05) is 12.5 Å². The Morgan fingerprint density at radius 3 is 2.69 bits per heavy atom. The summed E-state index contributed by atoms with van der Waals surface area (Å²) >= 11 is 1.48. The van der Waals surface area contributed by atoms with E-state index in [0.717, 1.165) is 11.1 Å². The predicted molar refractivity (Wildman–Crippen MR) is 93.9 cm³/mol. The number of thioether (sulfide) groups is 1. The Morgan fingerprint density at radius 1 is 1.23 bits per heavy atom. The van der Waals surface area contributed by atoms with Crippen molar-refractivity contribution in [2.24, 2.45) is 0 Å². The van der Waals surface area contributed by atoms with Crippen LogP contribution in [0, 0.1) is 5.21 Å². The molecule has 26 heavy (non-hydrogen) atoms. The van der Waals surface area contributed by atoms with Crippen molar-refractivity contribution in [3.05, 3.63) is 53.2 Å². The van der Waals surface area contributed by atoms with Crippen LogP contribution in [-0.4, -0.2) is 32.3 Å². The maximum Gasteiger partial charge on any atom is 0.212 e. The van der Waals surface area contributed by atoms with Gasteiger partial charge in [-0.3, -0.25) is 0 Å². The van der Waals surface area contributed by atoms with Crippen molar-refractivity contribution >= 4 is 17.4 Å². The van der Waals surface area contributed by atoms with E-state index in [9.17, 15) is 10.3 Å². The molecule has 2 atom stereocenters. The number of ether oxygens (including phenoxy) is 1. The molecule has 10 heteroatoms. The number of nitrogens with zero attached hydrogens (tertiary/aromatic N) is 3. The average Bonchev–Trinajstić information content (AvgIpc) is 3.23. The molecule has 1 aliphatic heterocycles. The number of phenolic OH excluding ortho intramolecular Hbond substituents is 1. The van der Waals surface area contributed by atoms with E-state index in [1.54, 1.807) is 28.9 Å². The second kappa shape index (κ2) is 6.50. The number of hydrogen-bond donors (Lipinski definition) is 4. The van der Waals surface area contributed by atoms with Crippen LogP contribution in [0.3, 0.4) is 0 Å². The number of hydrogen-bond acceptors (Lipinski definition) is 8. The predicted octanol–water partition coefficient (Wildman–Crippen LogP) is 1.41. The summed E-state index contributed by atoms with van der Waals surface area (Å²) in [5.74, 6) is 1.08. The Balaban J connectivity index is 1.61. The first kappa shape index (κ1) is 16.7. The molecular formula is C16H15N5O4S. The van der Waals surface area contributed by atoms with E-state index in [1.807, 2.05) is 6.07 Å². The van der Waals surface area contributed by atoms with Crippen molar-refractivity contribution in [1.29, 1.82) is 0 Å². The Kier molecular flexibility index (Phi) is 4.17. The number of aromatic nitrogens is 3. The Bertz CT molecular complexity index is 944. The summed E-state index contributed by atoms with van der Waals surface area (Å²) in [4.78, 5) is 0. The molecule has 4 N–H and O–H groups in total. The van der Waals surface area contributed by atoms with Gasteiger partial charge in [0, 0.05) is 17.7 Å². The lowest BCUT2D eigenvalue weighted by atomic mass is 10.2. The molecular weight excluding hydrogens is 358 g/mol. The summed E-state index contributed by atoms with van der Waals surface area (Å²) < 4.78 is 6.93. The number of methoxy groups -OCH3 is 1. The van der Waals surface area contributed by atoms with Crippen LogP contribution in [0.4, 0.5) is 5.69 Å². The molecule has 134 valence electrons. The second-order valence-electron chi connectivity index (χ2n) is 5.58. The number of quaternary nitrogens is 1. The molecule has 3 aromatic rings. The molecule has 0 bridgehead atoms. The van der Waals surface area contributed by atoms with Crippen LogP contribution < -0.4 is 15.4 Å². The highest BCUT2D eigenvalue weighted by atomic mass is 32.2. The van der Waals surface area contributed by atoms with Crippen LogP contribution in [0.2, 0.25) is 0 Å². The first-order valence-corrected chi connectivity index (χ1v) is 8.54. The van der Waals surface area contributed by atoms with Gasteiger partial charge in [-0.2, -0.15) is 5.23 Å². The molecule has 0 aliphatic carbocycles. The zero-order valence-electron chi connectivity index (χ0n) is 13.6. The number of nitrogens with one attached hydrogen (secondary N) is 2. The standard InChI is InChI=1S/C16H15N5O4S/c1-25-13-8-10(4-7-12(13)22)15-19-20-14(17-18-16(20)26-15)9-2-5-11(6-3-9)21(23)24/h2-8,15,19,21-23H,1H3. The number of phenols is 1. The lowest BCUT2D eigenvalue weighted by Crippen LogP contribution is -2.99. The van der Waals surface area contributed by atoms with Crippen LogP contribution >= 0.6 is 11.8 Å². The molecule has 1 aromatic heterocycles. The summed E-state index contributed by atoms with van der Waals surface area (Å²) in [6, 6.07) is 11.6. The highest BCUT2D eigenvalue weighted by Gasteiger charge is 2.28. The van der Waals surface area contributed by atoms with Gasteiger partial charge in [0.15, 0.2) is 23.0 Å². The number of rotatable bonds is 4. The van der Waals surface area contributed by atoms with Crippen molar-refractivity contribution in [3.8, 4) is 22.9 Å². The maximum atomic E-state index is 11.0. The highest BCUT2D eigenvalue weighted by Crippen LogP contribution is 2.42. The number of aromatic hydroxyl groups is 1. The molecule has 4 rings (SSSR count). The molecule has 0 fully saturated rings. The molecule has 2 aromatic carbocycles. The molecule has 0 radical (unpaired) electrons. The summed E-state index contributed by atoms with van der Waals surface area (Å²) in [6.45, 7) is 0. The van der Waals surface area contributed by atoms with Gasteiger partial charge in [0.2, 0.25) is 5.16 Å². The van der Waals surface area contributed by atoms with Crippen molar-refractivity contribution in [2.45, 2.75) is 10.5 Å². The van der Waals surface area contributed by atoms with Gasteiger partial charge >= 0.3 is 0 Å². The van der Waals surface area contributed by atoms with Gasteiger partial charge in [-0.05, 0) is 29.8 Å². The van der Waals surface area contributed by atoms with Crippen LogP contribution in [-0.2, 0) is 0 Å². The molecule has 1 aliphatic rings. The van der Waals surface area contributed by atoms with Crippen LogP contribution in [0.5, 0.6) is 11.5 Å². The lowest BCUT2D eigenvalue weighted by Gasteiger charge is -2.14. The minimum Gasteiger partial charge on any atom is -0.595 e. The van der Waals surface area contributed by atoms with E-state index in [-0.39, 0.29) is 16.8 Å². The van der Waals surface area contributed by atoms with Crippen LogP contribution in [0.1, 0.15) is 10.9 Å². The topological polar surface area (TPSA) is 120 Å². The van der Waals surface area contributed by atoms with E-state index in [2.05, 4.69) is 15.6 Å². The first-order valence-electron chi connectivity index (χ1n) is 7.66. The van der Waals surface area contributed by atoms with E-state index in [1.165, 1.54) is 31.0 Å². The van der Waals surface area contributed by atoms with Crippen LogP contribution in [0.15, 0.2) is 47.6 Å². The fourth-order valence-electron chi connectivity index (χ4n) is 2.66. The van der Waals surface area contributed by atoms with Gasteiger partial charge < -0.3 is 20.5 Å². The van der Waals surface area contributed by atoms with Crippen LogP contribution in [0.25, 0.3) is 11.4 Å². The Morgan fingerprint density at radius 2 is 2.00 bits per heavy atom. The van der Waals surface area contributed by atoms with Gasteiger partial charge in [-0.25, -0.2) is 9.88 Å². The average molecular weight is 373 g/mol. The van der Waals surface area contributed by atoms with Gasteiger partial charge in [-0.1, -0.05) is 17.8 Å². The summed E-state index contributed by atoms with van der Waals surface area (Å²) in [7, 11) is 1.50. The monoisotopic (exact) mass is 373 g/mol. The fraction of sp³-hybridized carbons (Fsp3) is 0.125. The largest absolute Gasteiger partial charge is 0.595 e. The molecule has 0 saturated heterocycles. The molecule has 0 saturated carbocycles. The van der Waals surface area contributed by atoms with Gasteiger partial charge in [0.1, 0.15) is 5.37 Å². The maximum absolute atomic E-state index is 11.0. The third-order valence-electron chi connectivity index (χ3n) is 4.00.